The lowest BCUT2D eigenvalue weighted by Crippen LogP contribution is -2.15. The zero-order valence-corrected chi connectivity index (χ0v) is 10.3. The average Bonchev–Trinajstić information content (AvgIpc) is 2.27. The van der Waals surface area contributed by atoms with Gasteiger partial charge in [0.2, 0.25) is 0 Å². The van der Waals surface area contributed by atoms with Crippen molar-refractivity contribution in [2.45, 2.75) is 6.92 Å². The van der Waals surface area contributed by atoms with Crippen LogP contribution in [0, 0.1) is 5.82 Å². The average molecular weight is 237 g/mol. The van der Waals surface area contributed by atoms with E-state index in [9.17, 15) is 9.18 Å². The Labute approximate surface area is 100 Å². The van der Waals surface area contributed by atoms with Crippen molar-refractivity contribution in [3.8, 4) is 0 Å². The van der Waals surface area contributed by atoms with Crippen molar-refractivity contribution in [3.05, 3.63) is 36.2 Å². The van der Waals surface area contributed by atoms with Gasteiger partial charge in [-0.05, 0) is 13.0 Å². The maximum absolute atomic E-state index is 13.7. The van der Waals surface area contributed by atoms with E-state index in [1.165, 1.54) is 6.07 Å². The fourth-order valence-corrected chi connectivity index (χ4v) is 1.54. The molecule has 0 fully saturated rings. The number of carbonyl (C=O) groups excluding carboxylic acids is 1. The van der Waals surface area contributed by atoms with E-state index in [1.807, 2.05) is 0 Å². The molecule has 0 aromatic heterocycles. The Kier molecular flexibility index (Phi) is 4.26. The lowest BCUT2D eigenvalue weighted by atomic mass is 10.0. The number of anilines is 1. The number of hydrogen-bond donors (Lipinski definition) is 0. The molecule has 0 amide bonds. The molecule has 1 aromatic carbocycles. The lowest BCUT2D eigenvalue weighted by molar-refractivity contribution is -0.136. The van der Waals surface area contributed by atoms with Crippen LogP contribution in [0.25, 0.3) is 5.57 Å². The molecule has 1 rings (SSSR count). The second-order valence-corrected chi connectivity index (χ2v) is 3.73. The largest absolute Gasteiger partial charge is 0.462 e. The second-order valence-electron chi connectivity index (χ2n) is 3.73. The smallest absolute Gasteiger partial charge is 0.338 e. The second kappa shape index (κ2) is 5.48. The van der Waals surface area contributed by atoms with Crippen LogP contribution in [-0.4, -0.2) is 26.7 Å². The van der Waals surface area contributed by atoms with Crippen molar-refractivity contribution in [3.63, 3.8) is 0 Å². The predicted molar refractivity (Wildman–Crippen MR) is 66.4 cm³/mol. The van der Waals surface area contributed by atoms with E-state index in [0.29, 0.717) is 11.3 Å². The molecular formula is C13H16FNO2. The Morgan fingerprint density at radius 1 is 1.47 bits per heavy atom. The molecule has 0 N–H and O–H groups in total. The zero-order valence-electron chi connectivity index (χ0n) is 10.3. The van der Waals surface area contributed by atoms with Gasteiger partial charge in [-0.3, -0.25) is 0 Å². The molecule has 0 bridgehead atoms. The minimum atomic E-state index is -0.527. The summed E-state index contributed by atoms with van der Waals surface area (Å²) in [6.45, 7) is 5.64. The number of ether oxygens (including phenoxy) is 1. The molecule has 0 spiro atoms. The summed E-state index contributed by atoms with van der Waals surface area (Å²) >= 11 is 0. The molecule has 0 saturated carbocycles. The summed E-state index contributed by atoms with van der Waals surface area (Å²) in [5, 5.41) is 0. The van der Waals surface area contributed by atoms with E-state index in [1.54, 1.807) is 38.1 Å². The first-order valence-electron chi connectivity index (χ1n) is 5.31. The molecule has 92 valence electrons. The molecule has 0 heterocycles. The van der Waals surface area contributed by atoms with Crippen LogP contribution in [0.5, 0.6) is 0 Å². The van der Waals surface area contributed by atoms with Gasteiger partial charge in [-0.2, -0.15) is 0 Å². The molecule has 0 saturated heterocycles. The third-order valence-electron chi connectivity index (χ3n) is 2.28. The summed E-state index contributed by atoms with van der Waals surface area (Å²) in [6.07, 6.45) is 0. The van der Waals surface area contributed by atoms with E-state index in [0.717, 1.165) is 0 Å². The fraction of sp³-hybridized carbons (Fsp3) is 0.308. The summed E-state index contributed by atoms with van der Waals surface area (Å²) in [5.74, 6) is -0.917. The van der Waals surface area contributed by atoms with Crippen LogP contribution in [0.4, 0.5) is 10.1 Å². The van der Waals surface area contributed by atoms with E-state index in [-0.39, 0.29) is 12.2 Å². The molecule has 17 heavy (non-hydrogen) atoms. The van der Waals surface area contributed by atoms with Crippen LogP contribution in [0.1, 0.15) is 12.5 Å². The first kappa shape index (κ1) is 13.2. The number of rotatable bonds is 4. The number of esters is 1. The molecule has 4 heteroatoms. The zero-order chi connectivity index (χ0) is 13.0. The van der Waals surface area contributed by atoms with E-state index in [2.05, 4.69) is 6.58 Å². The summed E-state index contributed by atoms with van der Waals surface area (Å²) in [7, 11) is 3.42. The molecule has 0 aliphatic rings. The highest BCUT2D eigenvalue weighted by molar-refractivity contribution is 6.17. The molecule has 0 unspecified atom stereocenters. The predicted octanol–water partition coefficient (Wildman–Crippen LogP) is 2.47. The Balaban J connectivity index is 3.18. The summed E-state index contributed by atoms with van der Waals surface area (Å²) in [6, 6.07) is 4.54. The minimum Gasteiger partial charge on any atom is -0.462 e. The van der Waals surface area contributed by atoms with Crippen molar-refractivity contribution >= 4 is 17.2 Å². The molecular weight excluding hydrogens is 221 g/mol. The van der Waals surface area contributed by atoms with Crippen LogP contribution >= 0.6 is 0 Å². The normalized spacial score (nSPS) is 9.88. The number of halogens is 1. The third-order valence-corrected chi connectivity index (χ3v) is 2.28. The van der Waals surface area contributed by atoms with Crippen LogP contribution in [-0.2, 0) is 9.53 Å². The molecule has 3 nitrogen and oxygen atoms in total. The Morgan fingerprint density at radius 2 is 2.12 bits per heavy atom. The highest BCUT2D eigenvalue weighted by atomic mass is 19.1. The number of carbonyl (C=O) groups is 1. The first-order chi connectivity index (χ1) is 7.99. The number of para-hydroxylation sites is 1. The number of hydrogen-bond acceptors (Lipinski definition) is 3. The maximum Gasteiger partial charge on any atom is 0.338 e. The highest BCUT2D eigenvalue weighted by Gasteiger charge is 2.18. The van der Waals surface area contributed by atoms with Gasteiger partial charge in [0.25, 0.3) is 0 Å². The van der Waals surface area contributed by atoms with Crippen LogP contribution in [0.15, 0.2) is 24.8 Å². The Hall–Kier alpha value is -1.84. The van der Waals surface area contributed by atoms with Crippen molar-refractivity contribution in [1.82, 2.24) is 0 Å². The van der Waals surface area contributed by atoms with Crippen molar-refractivity contribution < 1.29 is 13.9 Å². The molecule has 0 aliphatic carbocycles. The van der Waals surface area contributed by atoms with Gasteiger partial charge in [0.15, 0.2) is 0 Å². The van der Waals surface area contributed by atoms with Crippen LogP contribution < -0.4 is 4.90 Å². The first-order valence-corrected chi connectivity index (χ1v) is 5.31. The van der Waals surface area contributed by atoms with Gasteiger partial charge in [0.1, 0.15) is 5.82 Å². The van der Waals surface area contributed by atoms with Gasteiger partial charge in [0.05, 0.1) is 17.9 Å². The van der Waals surface area contributed by atoms with E-state index < -0.39 is 11.8 Å². The fourth-order valence-electron chi connectivity index (χ4n) is 1.54. The number of nitrogens with zero attached hydrogens (tertiary/aromatic N) is 1. The highest BCUT2D eigenvalue weighted by Crippen LogP contribution is 2.28. The molecule has 0 atom stereocenters. The molecule has 0 radical (unpaired) electrons. The van der Waals surface area contributed by atoms with Gasteiger partial charge >= 0.3 is 5.97 Å². The third kappa shape index (κ3) is 2.84. The van der Waals surface area contributed by atoms with Crippen molar-refractivity contribution in [2.75, 3.05) is 25.6 Å². The van der Waals surface area contributed by atoms with Crippen LogP contribution in [0.3, 0.4) is 0 Å². The summed E-state index contributed by atoms with van der Waals surface area (Å²) in [4.78, 5) is 13.2. The Bertz CT molecular complexity index is 441. The standard InChI is InChI=1S/C13H16FNO2/c1-5-17-13(16)9(2)10-7-6-8-11(14)12(10)15(3)4/h6-8H,2,5H2,1,3-4H3. The van der Waals surface area contributed by atoms with Gasteiger partial charge in [-0.1, -0.05) is 18.7 Å². The van der Waals surface area contributed by atoms with Gasteiger partial charge in [0, 0.05) is 19.7 Å². The number of benzene rings is 1. The molecule has 0 aliphatic heterocycles. The Morgan fingerprint density at radius 3 is 2.65 bits per heavy atom. The minimum absolute atomic E-state index is 0.162. The summed E-state index contributed by atoms with van der Waals surface area (Å²) in [5.41, 5.74) is 0.953. The SMILES string of the molecule is C=C(C(=O)OCC)c1cccc(F)c1N(C)C. The van der Waals surface area contributed by atoms with E-state index >= 15 is 0 Å². The van der Waals surface area contributed by atoms with Gasteiger partial charge < -0.3 is 9.64 Å². The lowest BCUT2D eigenvalue weighted by Gasteiger charge is -2.18. The van der Waals surface area contributed by atoms with Gasteiger partial charge in [-0.15, -0.1) is 0 Å². The van der Waals surface area contributed by atoms with Crippen molar-refractivity contribution in [2.24, 2.45) is 0 Å². The maximum atomic E-state index is 13.7. The quantitative estimate of drug-likeness (QED) is 0.595. The van der Waals surface area contributed by atoms with Crippen molar-refractivity contribution in [1.29, 1.82) is 0 Å². The summed E-state index contributed by atoms with van der Waals surface area (Å²) < 4.78 is 18.5. The van der Waals surface area contributed by atoms with Gasteiger partial charge in [-0.25, -0.2) is 9.18 Å². The monoisotopic (exact) mass is 237 g/mol. The van der Waals surface area contributed by atoms with Crippen LogP contribution in [0.2, 0.25) is 0 Å². The van der Waals surface area contributed by atoms with E-state index in [4.69, 9.17) is 4.74 Å². The topological polar surface area (TPSA) is 29.5 Å². The molecule has 1 aromatic rings.